The summed E-state index contributed by atoms with van der Waals surface area (Å²) in [5.41, 5.74) is 0.798. The van der Waals surface area contributed by atoms with Crippen LogP contribution in [0, 0.1) is 0 Å². The molecule has 1 aromatic heterocycles. The van der Waals surface area contributed by atoms with E-state index < -0.39 is 5.97 Å². The molecule has 2 rings (SSSR count). The predicted molar refractivity (Wildman–Crippen MR) is 87.0 cm³/mol. The van der Waals surface area contributed by atoms with Crippen LogP contribution in [-0.4, -0.2) is 25.3 Å². The van der Waals surface area contributed by atoms with Gasteiger partial charge in [0, 0.05) is 5.56 Å². The number of hydrogen-bond donors (Lipinski definition) is 0. The van der Waals surface area contributed by atoms with Crippen LogP contribution in [-0.2, 0) is 4.74 Å². The molecule has 0 aliphatic carbocycles. The van der Waals surface area contributed by atoms with Crippen LogP contribution in [0.2, 0.25) is 0 Å². The van der Waals surface area contributed by atoms with E-state index >= 15 is 0 Å². The quantitative estimate of drug-likeness (QED) is 0.743. The van der Waals surface area contributed by atoms with Crippen molar-refractivity contribution in [3.63, 3.8) is 0 Å². The van der Waals surface area contributed by atoms with Crippen LogP contribution in [0.15, 0.2) is 34.7 Å². The Morgan fingerprint density at radius 3 is 2.04 bits per heavy atom. The van der Waals surface area contributed by atoms with Crippen LogP contribution in [0.1, 0.15) is 38.2 Å². The molecule has 0 fully saturated rings. The van der Waals surface area contributed by atoms with E-state index in [0.717, 1.165) is 5.56 Å². The van der Waals surface area contributed by atoms with Crippen molar-refractivity contribution in [1.82, 2.24) is 0 Å². The van der Waals surface area contributed by atoms with Crippen LogP contribution in [0.5, 0.6) is 11.5 Å². The normalized spacial score (nSPS) is 10.9. The van der Waals surface area contributed by atoms with Crippen molar-refractivity contribution in [2.24, 2.45) is 0 Å². The van der Waals surface area contributed by atoms with E-state index in [4.69, 9.17) is 18.6 Å². The highest BCUT2D eigenvalue weighted by molar-refractivity contribution is 5.92. The number of methoxy groups -OCH3 is 1. The lowest BCUT2D eigenvalue weighted by atomic mass is 10.1. The summed E-state index contributed by atoms with van der Waals surface area (Å²) in [6.45, 7) is 7.54. The average Bonchev–Trinajstić information content (AvgIpc) is 2.85. The van der Waals surface area contributed by atoms with Crippen molar-refractivity contribution >= 4 is 5.97 Å². The Morgan fingerprint density at radius 1 is 0.957 bits per heavy atom. The average molecular weight is 318 g/mol. The van der Waals surface area contributed by atoms with Gasteiger partial charge in [-0.1, -0.05) is 30.3 Å². The molecule has 23 heavy (non-hydrogen) atoms. The fraction of sp³-hybridized carbons (Fsp3) is 0.389. The molecule has 0 amide bonds. The molecule has 1 heterocycles. The number of rotatable bonds is 6. The number of carbonyl (C=O) groups is 1. The fourth-order valence-corrected chi connectivity index (χ4v) is 2.09. The van der Waals surface area contributed by atoms with E-state index in [1.54, 1.807) is 0 Å². The molecule has 5 heteroatoms. The van der Waals surface area contributed by atoms with Gasteiger partial charge in [-0.15, -0.1) is 0 Å². The summed E-state index contributed by atoms with van der Waals surface area (Å²) in [6, 6.07) is 9.44. The first-order valence-electron chi connectivity index (χ1n) is 7.57. The van der Waals surface area contributed by atoms with Crippen LogP contribution in [0.3, 0.4) is 0 Å². The smallest absolute Gasteiger partial charge is 0.378 e. The first-order chi connectivity index (χ1) is 10.9. The number of carbonyl (C=O) groups excluding carboxylic acids is 1. The van der Waals surface area contributed by atoms with E-state index in [9.17, 15) is 4.79 Å². The van der Waals surface area contributed by atoms with Crippen molar-refractivity contribution in [2.45, 2.75) is 39.9 Å². The molecule has 0 saturated heterocycles. The Morgan fingerprint density at radius 2 is 1.52 bits per heavy atom. The standard InChI is InChI=1S/C18H22O5/c1-11(2)21-15-14(13-9-7-6-8-10-13)23-17(18(19)20-5)16(15)22-12(3)4/h6-12H,1-5H3. The van der Waals surface area contributed by atoms with Gasteiger partial charge in [-0.3, -0.25) is 0 Å². The molecule has 0 unspecified atom stereocenters. The molecule has 0 saturated carbocycles. The van der Waals surface area contributed by atoms with Gasteiger partial charge in [-0.25, -0.2) is 4.79 Å². The Balaban J connectivity index is 2.64. The number of ether oxygens (including phenoxy) is 3. The van der Waals surface area contributed by atoms with E-state index in [0.29, 0.717) is 11.5 Å². The summed E-state index contributed by atoms with van der Waals surface area (Å²) < 4.78 is 22.2. The van der Waals surface area contributed by atoms with E-state index in [-0.39, 0.29) is 23.7 Å². The summed E-state index contributed by atoms with van der Waals surface area (Å²) >= 11 is 0. The number of furan rings is 1. The van der Waals surface area contributed by atoms with Gasteiger partial charge in [0.05, 0.1) is 19.3 Å². The van der Waals surface area contributed by atoms with E-state index in [2.05, 4.69) is 0 Å². The lowest BCUT2D eigenvalue weighted by Crippen LogP contribution is -2.12. The molecule has 124 valence electrons. The molecule has 0 spiro atoms. The summed E-state index contributed by atoms with van der Waals surface area (Å²) in [6.07, 6.45) is -0.246. The summed E-state index contributed by atoms with van der Waals surface area (Å²) in [7, 11) is 1.30. The minimum atomic E-state index is -0.601. The van der Waals surface area contributed by atoms with E-state index in [1.165, 1.54) is 7.11 Å². The van der Waals surface area contributed by atoms with Gasteiger partial charge in [-0.2, -0.15) is 0 Å². The first-order valence-corrected chi connectivity index (χ1v) is 7.57. The zero-order valence-electron chi connectivity index (χ0n) is 14.1. The minimum Gasteiger partial charge on any atom is -0.484 e. The van der Waals surface area contributed by atoms with Gasteiger partial charge < -0.3 is 18.6 Å². The highest BCUT2D eigenvalue weighted by Crippen LogP contribution is 2.45. The Bertz CT molecular complexity index is 656. The summed E-state index contributed by atoms with van der Waals surface area (Å²) in [5, 5.41) is 0. The molecule has 2 aromatic rings. The lowest BCUT2D eigenvalue weighted by Gasteiger charge is -2.14. The third kappa shape index (κ3) is 3.86. The van der Waals surface area contributed by atoms with Crippen molar-refractivity contribution in [1.29, 1.82) is 0 Å². The Labute approximate surface area is 136 Å². The lowest BCUT2D eigenvalue weighted by molar-refractivity contribution is 0.0557. The number of benzene rings is 1. The Kier molecular flexibility index (Phi) is 5.32. The largest absolute Gasteiger partial charge is 0.484 e. The third-order valence-electron chi connectivity index (χ3n) is 2.94. The molecule has 0 atom stereocenters. The number of hydrogen-bond acceptors (Lipinski definition) is 5. The molecule has 0 aliphatic rings. The monoisotopic (exact) mass is 318 g/mol. The SMILES string of the molecule is COC(=O)c1oc(-c2ccccc2)c(OC(C)C)c1OC(C)C. The second kappa shape index (κ2) is 7.22. The Hall–Kier alpha value is -2.43. The predicted octanol–water partition coefficient (Wildman–Crippen LogP) is 4.31. The maximum Gasteiger partial charge on any atom is 0.378 e. The maximum absolute atomic E-state index is 12.0. The maximum atomic E-state index is 12.0. The van der Waals surface area contributed by atoms with Crippen molar-refractivity contribution < 1.29 is 23.4 Å². The molecule has 5 nitrogen and oxygen atoms in total. The van der Waals surface area contributed by atoms with Crippen molar-refractivity contribution in [3.05, 3.63) is 36.1 Å². The molecular weight excluding hydrogens is 296 g/mol. The van der Waals surface area contributed by atoms with Crippen LogP contribution < -0.4 is 9.47 Å². The van der Waals surface area contributed by atoms with Crippen LogP contribution in [0.25, 0.3) is 11.3 Å². The molecule has 0 bridgehead atoms. The van der Waals surface area contributed by atoms with Gasteiger partial charge in [0.1, 0.15) is 0 Å². The molecule has 1 aromatic carbocycles. The van der Waals surface area contributed by atoms with Crippen LogP contribution >= 0.6 is 0 Å². The second-order valence-electron chi connectivity index (χ2n) is 5.61. The van der Waals surface area contributed by atoms with Crippen LogP contribution in [0.4, 0.5) is 0 Å². The van der Waals surface area contributed by atoms with Gasteiger partial charge in [0.2, 0.25) is 11.5 Å². The van der Waals surface area contributed by atoms with Gasteiger partial charge >= 0.3 is 5.97 Å². The number of esters is 1. The summed E-state index contributed by atoms with van der Waals surface area (Å²) in [5.74, 6) is 0.558. The third-order valence-corrected chi connectivity index (χ3v) is 2.94. The minimum absolute atomic E-state index is 0.00991. The van der Waals surface area contributed by atoms with Crippen molar-refractivity contribution in [3.8, 4) is 22.8 Å². The first kappa shape index (κ1) is 16.9. The van der Waals surface area contributed by atoms with E-state index in [1.807, 2.05) is 58.0 Å². The van der Waals surface area contributed by atoms with Gasteiger partial charge in [0.25, 0.3) is 5.76 Å². The summed E-state index contributed by atoms with van der Waals surface area (Å²) in [4.78, 5) is 12.0. The molecule has 0 aliphatic heterocycles. The molecule has 0 radical (unpaired) electrons. The molecule has 0 N–H and O–H groups in total. The van der Waals surface area contributed by atoms with Gasteiger partial charge in [-0.05, 0) is 27.7 Å². The van der Waals surface area contributed by atoms with Crippen molar-refractivity contribution in [2.75, 3.05) is 7.11 Å². The van der Waals surface area contributed by atoms with Gasteiger partial charge in [0.15, 0.2) is 5.76 Å². The molecular formula is C18H22O5. The zero-order chi connectivity index (χ0) is 17.0. The highest BCUT2D eigenvalue weighted by atomic mass is 16.6. The topological polar surface area (TPSA) is 57.9 Å². The highest BCUT2D eigenvalue weighted by Gasteiger charge is 2.30. The zero-order valence-corrected chi connectivity index (χ0v) is 14.1. The fourth-order valence-electron chi connectivity index (χ4n) is 2.09. The second-order valence-corrected chi connectivity index (χ2v) is 5.61.